The number of pyridine rings is 1. The SMILES string of the molecule is O=C(Cc1csc(N2CCOCC2)n1)N/N=C\c1ccncc1. The predicted molar refractivity (Wildman–Crippen MR) is 88.8 cm³/mol. The van der Waals surface area contributed by atoms with E-state index in [1.807, 2.05) is 17.5 Å². The molecule has 2 aromatic heterocycles. The Balaban J connectivity index is 1.50. The van der Waals surface area contributed by atoms with Crippen LogP contribution in [0.4, 0.5) is 5.13 Å². The first-order chi connectivity index (χ1) is 11.3. The molecule has 0 unspecified atom stereocenters. The summed E-state index contributed by atoms with van der Waals surface area (Å²) >= 11 is 1.55. The van der Waals surface area contributed by atoms with Crippen molar-refractivity contribution in [3.63, 3.8) is 0 Å². The largest absolute Gasteiger partial charge is 0.378 e. The Kier molecular flexibility index (Phi) is 5.28. The summed E-state index contributed by atoms with van der Waals surface area (Å²) in [5, 5.41) is 6.79. The molecule has 0 aromatic carbocycles. The van der Waals surface area contributed by atoms with Crippen LogP contribution in [0.5, 0.6) is 0 Å². The van der Waals surface area contributed by atoms with Crippen molar-refractivity contribution in [2.24, 2.45) is 5.10 Å². The Labute approximate surface area is 138 Å². The molecule has 0 atom stereocenters. The molecule has 0 radical (unpaired) electrons. The number of rotatable bonds is 5. The number of hydrogen-bond donors (Lipinski definition) is 1. The average molecular weight is 331 g/mol. The lowest BCUT2D eigenvalue weighted by molar-refractivity contribution is -0.120. The van der Waals surface area contributed by atoms with Gasteiger partial charge in [-0.2, -0.15) is 5.10 Å². The van der Waals surface area contributed by atoms with Gasteiger partial charge < -0.3 is 9.64 Å². The maximum atomic E-state index is 11.9. The van der Waals surface area contributed by atoms with Gasteiger partial charge in [0.25, 0.3) is 0 Å². The number of hydrazone groups is 1. The standard InChI is InChI=1S/C15H17N5O2S/c21-14(19-17-10-12-1-3-16-4-2-12)9-13-11-23-15(18-13)20-5-7-22-8-6-20/h1-4,10-11H,5-9H2,(H,19,21)/b17-10-. The van der Waals surface area contributed by atoms with Crippen LogP contribution in [-0.2, 0) is 16.0 Å². The smallest absolute Gasteiger partial charge is 0.246 e. The van der Waals surface area contributed by atoms with Crippen LogP contribution < -0.4 is 10.3 Å². The maximum absolute atomic E-state index is 11.9. The second-order valence-electron chi connectivity index (χ2n) is 4.97. The van der Waals surface area contributed by atoms with E-state index in [2.05, 4.69) is 25.4 Å². The fourth-order valence-electron chi connectivity index (χ4n) is 2.11. The molecule has 23 heavy (non-hydrogen) atoms. The molecule has 8 heteroatoms. The Hall–Kier alpha value is -2.32. The molecule has 7 nitrogen and oxygen atoms in total. The molecule has 1 aliphatic rings. The van der Waals surface area contributed by atoms with E-state index in [1.165, 1.54) is 0 Å². The van der Waals surface area contributed by atoms with Crippen LogP contribution in [0, 0.1) is 0 Å². The number of aromatic nitrogens is 2. The summed E-state index contributed by atoms with van der Waals surface area (Å²) in [4.78, 5) is 22.5. The molecular weight excluding hydrogens is 314 g/mol. The van der Waals surface area contributed by atoms with Crippen LogP contribution in [0.1, 0.15) is 11.3 Å². The van der Waals surface area contributed by atoms with Crippen molar-refractivity contribution < 1.29 is 9.53 Å². The molecule has 1 amide bonds. The third-order valence-corrected chi connectivity index (χ3v) is 4.22. The summed E-state index contributed by atoms with van der Waals surface area (Å²) in [6.07, 6.45) is 5.14. The van der Waals surface area contributed by atoms with Crippen molar-refractivity contribution in [2.75, 3.05) is 31.2 Å². The number of nitrogens with one attached hydrogen (secondary N) is 1. The second kappa shape index (κ2) is 7.80. The van der Waals surface area contributed by atoms with Crippen LogP contribution in [0.2, 0.25) is 0 Å². The number of carbonyl (C=O) groups excluding carboxylic acids is 1. The zero-order valence-electron chi connectivity index (χ0n) is 12.5. The van der Waals surface area contributed by atoms with Crippen molar-refractivity contribution in [2.45, 2.75) is 6.42 Å². The number of hydrogen-bond acceptors (Lipinski definition) is 7. The molecule has 0 aliphatic carbocycles. The lowest BCUT2D eigenvalue weighted by Gasteiger charge is -2.26. The first kappa shape index (κ1) is 15.6. The number of thiazole rings is 1. The van der Waals surface area contributed by atoms with Crippen LogP contribution in [-0.4, -0.2) is 48.4 Å². The molecule has 0 saturated carbocycles. The molecule has 3 heterocycles. The molecule has 2 aromatic rings. The second-order valence-corrected chi connectivity index (χ2v) is 5.81. The molecular formula is C15H17N5O2S. The minimum Gasteiger partial charge on any atom is -0.378 e. The van der Waals surface area contributed by atoms with Crippen molar-refractivity contribution in [1.29, 1.82) is 0 Å². The van der Waals surface area contributed by atoms with Crippen molar-refractivity contribution in [3.8, 4) is 0 Å². The quantitative estimate of drug-likeness (QED) is 0.655. The zero-order valence-corrected chi connectivity index (χ0v) is 13.3. The lowest BCUT2D eigenvalue weighted by atomic mass is 10.3. The third-order valence-electron chi connectivity index (χ3n) is 3.27. The average Bonchev–Trinajstić information content (AvgIpc) is 3.05. The first-order valence-corrected chi connectivity index (χ1v) is 8.18. The Morgan fingerprint density at radius 1 is 1.39 bits per heavy atom. The van der Waals surface area contributed by atoms with Gasteiger partial charge in [-0.3, -0.25) is 9.78 Å². The fourth-order valence-corrected chi connectivity index (χ4v) is 2.99. The zero-order chi connectivity index (χ0) is 15.9. The molecule has 1 fully saturated rings. The summed E-state index contributed by atoms with van der Waals surface area (Å²) in [6, 6.07) is 3.62. The van der Waals surface area contributed by atoms with Gasteiger partial charge in [-0.05, 0) is 17.7 Å². The Morgan fingerprint density at radius 2 is 2.17 bits per heavy atom. The highest BCUT2D eigenvalue weighted by Gasteiger charge is 2.15. The summed E-state index contributed by atoms with van der Waals surface area (Å²) in [6.45, 7) is 3.13. The number of amides is 1. The van der Waals surface area contributed by atoms with E-state index in [4.69, 9.17) is 4.74 Å². The van der Waals surface area contributed by atoms with Crippen LogP contribution in [0.25, 0.3) is 0 Å². The van der Waals surface area contributed by atoms with Gasteiger partial charge in [-0.25, -0.2) is 10.4 Å². The first-order valence-electron chi connectivity index (χ1n) is 7.30. The molecule has 0 spiro atoms. The van der Waals surface area contributed by atoms with Gasteiger partial charge >= 0.3 is 0 Å². The molecule has 0 bridgehead atoms. The van der Waals surface area contributed by atoms with E-state index < -0.39 is 0 Å². The number of nitrogens with zero attached hydrogens (tertiary/aromatic N) is 4. The van der Waals surface area contributed by atoms with Gasteiger partial charge in [-0.1, -0.05) is 0 Å². The summed E-state index contributed by atoms with van der Waals surface area (Å²) < 4.78 is 5.32. The minimum atomic E-state index is -0.186. The van der Waals surface area contributed by atoms with Crippen molar-refractivity contribution >= 4 is 28.6 Å². The van der Waals surface area contributed by atoms with Crippen LogP contribution >= 0.6 is 11.3 Å². The summed E-state index contributed by atoms with van der Waals surface area (Å²) in [5.74, 6) is -0.186. The number of anilines is 1. The number of morpholine rings is 1. The van der Waals surface area contributed by atoms with E-state index in [1.54, 1.807) is 29.9 Å². The van der Waals surface area contributed by atoms with Gasteiger partial charge in [0.1, 0.15) is 0 Å². The molecule has 3 rings (SSSR count). The van der Waals surface area contributed by atoms with Gasteiger partial charge in [0.15, 0.2) is 5.13 Å². The van der Waals surface area contributed by atoms with E-state index >= 15 is 0 Å². The summed E-state index contributed by atoms with van der Waals surface area (Å²) in [7, 11) is 0. The van der Waals surface area contributed by atoms with Crippen LogP contribution in [0.15, 0.2) is 35.0 Å². The lowest BCUT2D eigenvalue weighted by Crippen LogP contribution is -2.36. The van der Waals surface area contributed by atoms with E-state index in [9.17, 15) is 4.79 Å². The van der Waals surface area contributed by atoms with E-state index in [-0.39, 0.29) is 12.3 Å². The number of carbonyl (C=O) groups is 1. The Bertz CT molecular complexity index is 668. The number of ether oxygens (including phenoxy) is 1. The molecule has 1 aliphatic heterocycles. The van der Waals surface area contributed by atoms with Gasteiger partial charge in [0.05, 0.1) is 31.5 Å². The normalized spacial score (nSPS) is 15.0. The highest BCUT2D eigenvalue weighted by atomic mass is 32.1. The maximum Gasteiger partial charge on any atom is 0.246 e. The van der Waals surface area contributed by atoms with Crippen molar-refractivity contribution in [1.82, 2.24) is 15.4 Å². The van der Waals surface area contributed by atoms with Gasteiger partial charge in [0.2, 0.25) is 5.91 Å². The topological polar surface area (TPSA) is 79.7 Å². The third kappa shape index (κ3) is 4.57. The molecule has 1 N–H and O–H groups in total. The minimum absolute atomic E-state index is 0.186. The highest BCUT2D eigenvalue weighted by Crippen LogP contribution is 2.21. The monoisotopic (exact) mass is 331 g/mol. The van der Waals surface area contributed by atoms with Crippen molar-refractivity contribution in [3.05, 3.63) is 41.2 Å². The van der Waals surface area contributed by atoms with E-state index in [0.717, 1.165) is 42.7 Å². The predicted octanol–water partition coefficient (Wildman–Crippen LogP) is 1.07. The van der Waals surface area contributed by atoms with Gasteiger partial charge in [-0.15, -0.1) is 11.3 Å². The fraction of sp³-hybridized carbons (Fsp3) is 0.333. The molecule has 1 saturated heterocycles. The van der Waals surface area contributed by atoms with Crippen LogP contribution in [0.3, 0.4) is 0 Å². The highest BCUT2D eigenvalue weighted by molar-refractivity contribution is 7.13. The molecule has 120 valence electrons. The van der Waals surface area contributed by atoms with E-state index in [0.29, 0.717) is 0 Å². The summed E-state index contributed by atoms with van der Waals surface area (Å²) in [5.41, 5.74) is 4.15. The Morgan fingerprint density at radius 3 is 2.96 bits per heavy atom. The van der Waals surface area contributed by atoms with Gasteiger partial charge in [0, 0.05) is 30.9 Å².